The molecule has 0 saturated heterocycles. The van der Waals surface area contributed by atoms with Gasteiger partial charge in [0.15, 0.2) is 0 Å². The highest BCUT2D eigenvalue weighted by Gasteiger charge is 2.12. The van der Waals surface area contributed by atoms with Crippen LogP contribution in [0.2, 0.25) is 0 Å². The molecule has 3 nitrogen and oxygen atoms in total. The van der Waals surface area contributed by atoms with Crippen molar-refractivity contribution in [3.05, 3.63) is 0 Å². The molecule has 0 aliphatic rings. The molecule has 0 aromatic heterocycles. The first kappa shape index (κ1) is 11.9. The van der Waals surface area contributed by atoms with E-state index in [1.165, 1.54) is 0 Å². The van der Waals surface area contributed by atoms with E-state index in [2.05, 4.69) is 25.8 Å². The van der Waals surface area contributed by atoms with Crippen molar-refractivity contribution in [2.75, 3.05) is 33.9 Å². The van der Waals surface area contributed by atoms with E-state index in [4.69, 9.17) is 10.5 Å². The van der Waals surface area contributed by atoms with Crippen LogP contribution in [0.3, 0.4) is 0 Å². The number of likely N-dealkylation sites (N-methyl/N-ethyl adjacent to an activating group) is 1. The van der Waals surface area contributed by atoms with Gasteiger partial charge in [-0.1, -0.05) is 13.8 Å². The number of hydrogen-bond acceptors (Lipinski definition) is 3. The largest absolute Gasteiger partial charge is 0.383 e. The zero-order chi connectivity index (χ0) is 9.56. The first-order valence-electron chi connectivity index (χ1n) is 4.51. The minimum Gasteiger partial charge on any atom is -0.383 e. The number of nitrogens with two attached hydrogens (primary N) is 1. The Morgan fingerprint density at radius 1 is 1.42 bits per heavy atom. The van der Waals surface area contributed by atoms with Gasteiger partial charge in [-0.25, -0.2) is 0 Å². The summed E-state index contributed by atoms with van der Waals surface area (Å²) in [6, 6.07) is 0.359. The average Bonchev–Trinajstić information content (AvgIpc) is 1.98. The molecule has 0 radical (unpaired) electrons. The predicted octanol–water partition coefficient (Wildman–Crippen LogP) is 0.548. The maximum atomic E-state index is 5.61. The van der Waals surface area contributed by atoms with Crippen LogP contribution in [-0.2, 0) is 4.74 Å². The summed E-state index contributed by atoms with van der Waals surface area (Å²) in [4.78, 5) is 2.26. The molecule has 0 aliphatic heterocycles. The van der Waals surface area contributed by atoms with Gasteiger partial charge >= 0.3 is 0 Å². The van der Waals surface area contributed by atoms with Crippen LogP contribution in [0.1, 0.15) is 13.8 Å². The number of rotatable bonds is 6. The summed E-state index contributed by atoms with van der Waals surface area (Å²) in [7, 11) is 3.81. The van der Waals surface area contributed by atoms with Gasteiger partial charge in [-0.2, -0.15) is 0 Å². The first-order valence-corrected chi connectivity index (χ1v) is 4.51. The third-order valence-corrected chi connectivity index (χ3v) is 1.91. The molecule has 2 N–H and O–H groups in total. The number of hydrogen-bond donors (Lipinski definition) is 1. The molecule has 3 heteroatoms. The van der Waals surface area contributed by atoms with Crippen molar-refractivity contribution in [3.8, 4) is 0 Å². The van der Waals surface area contributed by atoms with Gasteiger partial charge in [0.2, 0.25) is 0 Å². The summed E-state index contributed by atoms with van der Waals surface area (Å²) in [6.45, 7) is 6.87. The smallest absolute Gasteiger partial charge is 0.0630 e. The fourth-order valence-electron chi connectivity index (χ4n) is 1.29. The van der Waals surface area contributed by atoms with Crippen LogP contribution < -0.4 is 5.73 Å². The SMILES string of the molecule is COCC(CN)N(C)CC(C)C. The molecule has 0 fully saturated rings. The lowest BCUT2D eigenvalue weighted by atomic mass is 10.2. The van der Waals surface area contributed by atoms with Crippen molar-refractivity contribution in [2.45, 2.75) is 19.9 Å². The van der Waals surface area contributed by atoms with Gasteiger partial charge in [0.1, 0.15) is 0 Å². The molecule has 12 heavy (non-hydrogen) atoms. The van der Waals surface area contributed by atoms with E-state index in [1.54, 1.807) is 7.11 Å². The molecule has 0 saturated carbocycles. The van der Waals surface area contributed by atoms with Crippen molar-refractivity contribution in [1.82, 2.24) is 4.90 Å². The Morgan fingerprint density at radius 3 is 2.33 bits per heavy atom. The number of nitrogens with zero attached hydrogens (tertiary/aromatic N) is 1. The lowest BCUT2D eigenvalue weighted by molar-refractivity contribution is 0.103. The Balaban J connectivity index is 3.76. The van der Waals surface area contributed by atoms with Crippen LogP contribution in [0.5, 0.6) is 0 Å². The number of methoxy groups -OCH3 is 1. The lowest BCUT2D eigenvalue weighted by Crippen LogP contribution is -2.42. The van der Waals surface area contributed by atoms with E-state index in [0.29, 0.717) is 18.5 Å². The zero-order valence-corrected chi connectivity index (χ0v) is 8.71. The minimum absolute atomic E-state index is 0.359. The fraction of sp³-hybridized carbons (Fsp3) is 1.00. The van der Waals surface area contributed by atoms with Gasteiger partial charge in [-0.3, -0.25) is 4.90 Å². The Bertz CT molecular complexity index is 107. The highest BCUT2D eigenvalue weighted by atomic mass is 16.5. The third kappa shape index (κ3) is 4.70. The molecule has 0 rings (SSSR count). The van der Waals surface area contributed by atoms with Gasteiger partial charge in [-0.15, -0.1) is 0 Å². The third-order valence-electron chi connectivity index (χ3n) is 1.91. The van der Waals surface area contributed by atoms with Crippen molar-refractivity contribution in [1.29, 1.82) is 0 Å². The molecule has 74 valence electrons. The van der Waals surface area contributed by atoms with Gasteiger partial charge < -0.3 is 10.5 Å². The minimum atomic E-state index is 0.359. The average molecular weight is 174 g/mol. The van der Waals surface area contributed by atoms with Crippen LogP contribution in [0.15, 0.2) is 0 Å². The summed E-state index contributed by atoms with van der Waals surface area (Å²) in [6.07, 6.45) is 0. The topological polar surface area (TPSA) is 38.5 Å². The molecule has 0 heterocycles. The summed E-state index contributed by atoms with van der Waals surface area (Å²) >= 11 is 0. The normalized spacial score (nSPS) is 14.2. The predicted molar refractivity (Wildman–Crippen MR) is 52.2 cm³/mol. The molecule has 1 atom stereocenters. The lowest BCUT2D eigenvalue weighted by Gasteiger charge is -2.27. The Morgan fingerprint density at radius 2 is 2.00 bits per heavy atom. The monoisotopic (exact) mass is 174 g/mol. The van der Waals surface area contributed by atoms with Crippen LogP contribution in [-0.4, -0.2) is 44.8 Å². The van der Waals surface area contributed by atoms with Crippen molar-refractivity contribution in [2.24, 2.45) is 11.7 Å². The van der Waals surface area contributed by atoms with E-state index in [-0.39, 0.29) is 0 Å². The van der Waals surface area contributed by atoms with Gasteiger partial charge in [-0.05, 0) is 13.0 Å². The summed E-state index contributed by atoms with van der Waals surface area (Å²) in [5.74, 6) is 0.681. The fourth-order valence-corrected chi connectivity index (χ4v) is 1.29. The second-order valence-corrected chi connectivity index (χ2v) is 3.68. The van der Waals surface area contributed by atoms with Crippen LogP contribution in [0, 0.1) is 5.92 Å². The van der Waals surface area contributed by atoms with E-state index < -0.39 is 0 Å². The Kier molecular flexibility index (Phi) is 6.34. The summed E-state index contributed by atoms with van der Waals surface area (Å²) in [5.41, 5.74) is 5.61. The van der Waals surface area contributed by atoms with Crippen LogP contribution >= 0.6 is 0 Å². The molecule has 1 unspecified atom stereocenters. The second kappa shape index (κ2) is 6.40. The maximum Gasteiger partial charge on any atom is 0.0630 e. The van der Waals surface area contributed by atoms with Crippen molar-refractivity contribution < 1.29 is 4.74 Å². The van der Waals surface area contributed by atoms with Gasteiger partial charge in [0.25, 0.3) is 0 Å². The van der Waals surface area contributed by atoms with Gasteiger partial charge in [0.05, 0.1) is 6.61 Å². The van der Waals surface area contributed by atoms with Crippen LogP contribution in [0.25, 0.3) is 0 Å². The van der Waals surface area contributed by atoms with Crippen molar-refractivity contribution >= 4 is 0 Å². The molecular formula is C9H22N2O. The summed E-state index contributed by atoms with van der Waals surface area (Å²) in [5, 5.41) is 0. The zero-order valence-electron chi connectivity index (χ0n) is 8.71. The quantitative estimate of drug-likeness (QED) is 0.639. The Labute approximate surface area is 75.9 Å². The molecule has 0 aliphatic carbocycles. The summed E-state index contributed by atoms with van der Waals surface area (Å²) < 4.78 is 5.08. The van der Waals surface area contributed by atoms with E-state index in [1.807, 2.05) is 0 Å². The Hall–Kier alpha value is -0.120. The first-order chi connectivity index (χ1) is 5.61. The molecular weight excluding hydrogens is 152 g/mol. The molecule has 0 aromatic carbocycles. The van der Waals surface area contributed by atoms with E-state index >= 15 is 0 Å². The number of ether oxygens (including phenoxy) is 1. The molecule has 0 amide bonds. The molecule has 0 spiro atoms. The van der Waals surface area contributed by atoms with E-state index in [0.717, 1.165) is 13.2 Å². The van der Waals surface area contributed by atoms with E-state index in [9.17, 15) is 0 Å². The second-order valence-electron chi connectivity index (χ2n) is 3.68. The van der Waals surface area contributed by atoms with Crippen LogP contribution in [0.4, 0.5) is 0 Å². The standard InChI is InChI=1S/C9H22N2O/c1-8(2)6-11(3)9(5-10)7-12-4/h8-9H,5-7,10H2,1-4H3. The highest BCUT2D eigenvalue weighted by Crippen LogP contribution is 2.00. The van der Waals surface area contributed by atoms with Gasteiger partial charge in [0, 0.05) is 26.2 Å². The molecule has 0 bridgehead atoms. The van der Waals surface area contributed by atoms with Crippen molar-refractivity contribution in [3.63, 3.8) is 0 Å². The maximum absolute atomic E-state index is 5.61. The highest BCUT2D eigenvalue weighted by molar-refractivity contribution is 4.69. The molecule has 0 aromatic rings.